The third kappa shape index (κ3) is 6.93. The van der Waals surface area contributed by atoms with Crippen LogP contribution in [0.1, 0.15) is 39.2 Å². The van der Waals surface area contributed by atoms with E-state index in [4.69, 9.17) is 4.74 Å². The van der Waals surface area contributed by atoms with Crippen molar-refractivity contribution in [1.29, 1.82) is 0 Å². The highest BCUT2D eigenvalue weighted by atomic mass is 32.2. The summed E-state index contributed by atoms with van der Waals surface area (Å²) < 4.78 is 49.7. The van der Waals surface area contributed by atoms with E-state index in [9.17, 15) is 18.0 Å². The Morgan fingerprint density at radius 3 is 2.64 bits per heavy atom. The molecule has 0 aliphatic carbocycles. The molecule has 1 amide bonds. The molecule has 0 radical (unpaired) electrons. The zero-order valence-corrected chi connectivity index (χ0v) is 24.4. The number of aromatic nitrogens is 3. The molecule has 1 atom stereocenters. The lowest BCUT2D eigenvalue weighted by Gasteiger charge is -2.42. The number of alkyl halides is 3. The number of benzene rings is 1. The maximum atomic E-state index is 14.1. The van der Waals surface area contributed by atoms with Gasteiger partial charge < -0.3 is 19.9 Å². The van der Waals surface area contributed by atoms with Crippen LogP contribution in [0.3, 0.4) is 0 Å². The maximum Gasteiger partial charge on any atom is 0.419 e. The number of amides is 1. The van der Waals surface area contributed by atoms with Crippen molar-refractivity contribution in [2.24, 2.45) is 0 Å². The van der Waals surface area contributed by atoms with Crippen molar-refractivity contribution >= 4 is 46.7 Å². The summed E-state index contributed by atoms with van der Waals surface area (Å²) in [4.78, 5) is 26.2. The van der Waals surface area contributed by atoms with Gasteiger partial charge in [-0.1, -0.05) is 6.07 Å². The summed E-state index contributed by atoms with van der Waals surface area (Å²) in [7, 11) is 3.83. The molecule has 0 bridgehead atoms. The summed E-state index contributed by atoms with van der Waals surface area (Å²) >= 11 is 2.99. The Kier molecular flexibility index (Phi) is 8.34. The zero-order valence-electron chi connectivity index (χ0n) is 22.8. The minimum absolute atomic E-state index is 0.0625. The molecule has 4 rings (SSSR count). The van der Waals surface area contributed by atoms with E-state index in [2.05, 4.69) is 20.3 Å². The van der Waals surface area contributed by atoms with Gasteiger partial charge in [0.25, 0.3) is 0 Å². The molecule has 8 nitrogen and oxygen atoms in total. The smallest absolute Gasteiger partial charge is 0.419 e. The zero-order chi connectivity index (χ0) is 28.6. The highest BCUT2D eigenvalue weighted by molar-refractivity contribution is 8.00. The number of anilines is 1. The molecule has 0 saturated carbocycles. The van der Waals surface area contributed by atoms with E-state index in [0.29, 0.717) is 42.4 Å². The first-order valence-electron chi connectivity index (χ1n) is 12.4. The van der Waals surface area contributed by atoms with Gasteiger partial charge >= 0.3 is 12.3 Å². The van der Waals surface area contributed by atoms with E-state index in [1.165, 1.54) is 23.7 Å². The van der Waals surface area contributed by atoms with Gasteiger partial charge in [-0.15, -0.1) is 11.8 Å². The first-order chi connectivity index (χ1) is 18.2. The second-order valence-corrected chi connectivity index (χ2v) is 13.2. The number of likely N-dealkylation sites (tertiary alicyclic amines) is 1. The number of carbonyl (C=O) groups is 1. The first-order valence-corrected chi connectivity index (χ1v) is 14.4. The number of halogens is 3. The number of hydrogen-bond acceptors (Lipinski definition) is 8. The van der Waals surface area contributed by atoms with Gasteiger partial charge in [0.1, 0.15) is 16.0 Å². The van der Waals surface area contributed by atoms with Gasteiger partial charge in [0.15, 0.2) is 0 Å². The van der Waals surface area contributed by atoms with Crippen molar-refractivity contribution in [2.75, 3.05) is 38.8 Å². The molecular formula is C26H33F3N6O2S2. The Bertz CT molecular complexity index is 1340. The maximum absolute atomic E-state index is 14.1. The average molecular weight is 583 g/mol. The van der Waals surface area contributed by atoms with Crippen molar-refractivity contribution in [3.8, 4) is 11.3 Å². The normalized spacial score (nSPS) is 18.6. The number of rotatable bonds is 6. The predicted octanol–water partition coefficient (Wildman–Crippen LogP) is 6.71. The fourth-order valence-electron chi connectivity index (χ4n) is 4.45. The minimum atomic E-state index is -4.65. The van der Waals surface area contributed by atoms with Gasteiger partial charge in [-0.2, -0.15) is 13.2 Å². The van der Waals surface area contributed by atoms with Gasteiger partial charge in [0, 0.05) is 40.3 Å². The van der Waals surface area contributed by atoms with Crippen LogP contribution < -0.4 is 5.32 Å². The fourth-order valence-corrected chi connectivity index (χ4v) is 6.00. The Balaban J connectivity index is 1.69. The van der Waals surface area contributed by atoms with Gasteiger partial charge in [-0.05, 0) is 78.0 Å². The SMILES string of the molecule is CSC1(Nc2ncc(C(F)(F)F)c(-c3c[nH]c4cc(SN(C)C)ccc34)n2)CCCN(C(=O)OC(C)(C)C)C1. The van der Waals surface area contributed by atoms with Crippen molar-refractivity contribution in [1.82, 2.24) is 24.2 Å². The molecule has 1 saturated heterocycles. The molecule has 3 heterocycles. The third-order valence-corrected chi connectivity index (χ3v) is 8.17. The van der Waals surface area contributed by atoms with Crippen LogP contribution in [0.4, 0.5) is 23.9 Å². The highest BCUT2D eigenvalue weighted by Gasteiger charge is 2.40. The number of fused-ring (bicyclic) bond motifs is 1. The van der Waals surface area contributed by atoms with Crippen LogP contribution >= 0.6 is 23.7 Å². The van der Waals surface area contributed by atoms with Crippen LogP contribution in [0.25, 0.3) is 22.2 Å². The summed E-state index contributed by atoms with van der Waals surface area (Å²) in [5, 5.41) is 3.88. The molecule has 2 N–H and O–H groups in total. The molecule has 1 fully saturated rings. The van der Waals surface area contributed by atoms with Crippen molar-refractivity contribution in [3.63, 3.8) is 0 Å². The molecule has 1 aromatic carbocycles. The molecule has 1 aliphatic heterocycles. The van der Waals surface area contributed by atoms with Crippen LogP contribution in [-0.4, -0.2) is 74.2 Å². The number of nitrogens with one attached hydrogen (secondary N) is 2. The number of piperidine rings is 1. The Hall–Kier alpha value is -2.64. The third-order valence-electron chi connectivity index (χ3n) is 6.13. The van der Waals surface area contributed by atoms with E-state index in [1.807, 2.05) is 36.8 Å². The van der Waals surface area contributed by atoms with Crippen LogP contribution in [-0.2, 0) is 10.9 Å². The van der Waals surface area contributed by atoms with Crippen LogP contribution in [0.2, 0.25) is 0 Å². The topological polar surface area (TPSA) is 86.4 Å². The summed E-state index contributed by atoms with van der Waals surface area (Å²) in [5.41, 5.74) is -0.727. The number of H-pyrrole nitrogens is 1. The summed E-state index contributed by atoms with van der Waals surface area (Å²) in [6, 6.07) is 5.56. The van der Waals surface area contributed by atoms with Crippen LogP contribution in [0, 0.1) is 0 Å². The first kappa shape index (κ1) is 29.3. The van der Waals surface area contributed by atoms with Gasteiger partial charge in [-0.3, -0.25) is 4.31 Å². The fraction of sp³-hybridized carbons (Fsp3) is 0.500. The quantitative estimate of drug-likeness (QED) is 0.245. The van der Waals surface area contributed by atoms with Gasteiger partial charge in [0.2, 0.25) is 5.95 Å². The van der Waals surface area contributed by atoms with Crippen molar-refractivity contribution in [3.05, 3.63) is 36.2 Å². The number of thioether (sulfide) groups is 1. The van der Waals surface area contributed by atoms with E-state index >= 15 is 0 Å². The molecule has 2 aromatic heterocycles. The number of ether oxygens (including phenoxy) is 1. The molecule has 39 heavy (non-hydrogen) atoms. The Labute approximate surface area is 234 Å². The predicted molar refractivity (Wildman–Crippen MR) is 151 cm³/mol. The summed E-state index contributed by atoms with van der Waals surface area (Å²) in [6.45, 7) is 6.24. The second-order valence-electron chi connectivity index (χ2n) is 10.6. The monoisotopic (exact) mass is 582 g/mol. The molecule has 3 aromatic rings. The lowest BCUT2D eigenvalue weighted by atomic mass is 10.0. The number of nitrogens with zero attached hydrogens (tertiary/aromatic N) is 4. The van der Waals surface area contributed by atoms with Gasteiger partial charge in [0.05, 0.1) is 12.2 Å². The van der Waals surface area contributed by atoms with E-state index < -0.39 is 28.3 Å². The molecule has 212 valence electrons. The Morgan fingerprint density at radius 2 is 2.00 bits per heavy atom. The van der Waals surface area contributed by atoms with E-state index in [1.54, 1.807) is 37.9 Å². The van der Waals surface area contributed by atoms with Crippen LogP contribution in [0.5, 0.6) is 0 Å². The summed E-state index contributed by atoms with van der Waals surface area (Å²) in [6.07, 6.45) is 0.547. The van der Waals surface area contributed by atoms with E-state index in [-0.39, 0.29) is 11.6 Å². The molecule has 1 aliphatic rings. The molecule has 1 unspecified atom stereocenters. The lowest BCUT2D eigenvalue weighted by Crippen LogP contribution is -2.53. The second kappa shape index (κ2) is 11.1. The highest BCUT2D eigenvalue weighted by Crippen LogP contribution is 2.40. The number of carbonyl (C=O) groups excluding carboxylic acids is 1. The van der Waals surface area contributed by atoms with Crippen LogP contribution in [0.15, 0.2) is 35.5 Å². The largest absolute Gasteiger partial charge is 0.444 e. The van der Waals surface area contributed by atoms with E-state index in [0.717, 1.165) is 11.1 Å². The Morgan fingerprint density at radius 1 is 1.26 bits per heavy atom. The standard InChI is InChI=1S/C26H33F3N6O2S2/c1-24(2,3)37-23(36)35-11-7-10-25(15-35,38-6)33-22-31-14-19(26(27,28)29)21(32-22)18-13-30-20-12-16(39-34(4)5)8-9-17(18)20/h8-9,12-14,30H,7,10-11,15H2,1-6H3,(H,31,32,33). The lowest BCUT2D eigenvalue weighted by molar-refractivity contribution is -0.137. The van der Waals surface area contributed by atoms with Gasteiger partial charge in [-0.25, -0.2) is 14.8 Å². The summed E-state index contributed by atoms with van der Waals surface area (Å²) in [5.74, 6) is 0.0625. The molecular weight excluding hydrogens is 549 g/mol. The number of aromatic amines is 1. The van der Waals surface area contributed by atoms with Crippen molar-refractivity contribution in [2.45, 2.75) is 55.2 Å². The van der Waals surface area contributed by atoms with Crippen molar-refractivity contribution < 1.29 is 22.7 Å². The number of hydrogen-bond donors (Lipinski definition) is 2. The average Bonchev–Trinajstić information content (AvgIpc) is 3.25. The molecule has 0 spiro atoms. The molecule has 13 heteroatoms. The minimum Gasteiger partial charge on any atom is -0.444 e.